The van der Waals surface area contributed by atoms with E-state index >= 15 is 0 Å². The van der Waals surface area contributed by atoms with Crippen molar-refractivity contribution in [3.63, 3.8) is 0 Å². The molecule has 2 N–H and O–H groups in total. The number of hydrogen-bond acceptors (Lipinski definition) is 5. The Labute approximate surface area is 145 Å². The van der Waals surface area contributed by atoms with Gasteiger partial charge in [-0.3, -0.25) is 9.97 Å². The van der Waals surface area contributed by atoms with Crippen LogP contribution in [0.2, 0.25) is 0 Å². The number of nitrogens with one attached hydrogen (secondary N) is 1. The zero-order valence-electron chi connectivity index (χ0n) is 14.0. The second-order valence-corrected chi connectivity index (χ2v) is 5.68. The van der Waals surface area contributed by atoms with E-state index in [4.69, 9.17) is 9.15 Å². The summed E-state index contributed by atoms with van der Waals surface area (Å²) in [6, 6.07) is 13.5. The van der Waals surface area contributed by atoms with Crippen LogP contribution in [0.15, 0.2) is 51.7 Å². The lowest BCUT2D eigenvalue weighted by Crippen LogP contribution is -2.04. The van der Waals surface area contributed by atoms with Gasteiger partial charge in [-0.1, -0.05) is 25.1 Å². The molecule has 2 heterocycles. The third-order valence-corrected chi connectivity index (χ3v) is 3.84. The minimum Gasteiger partial charge on any atom is -0.493 e. The van der Waals surface area contributed by atoms with Crippen molar-refractivity contribution in [2.24, 2.45) is 0 Å². The zero-order valence-corrected chi connectivity index (χ0v) is 14.0. The van der Waals surface area contributed by atoms with E-state index in [1.54, 1.807) is 0 Å². The lowest BCUT2D eigenvalue weighted by molar-refractivity contribution is 0.320. The quantitative estimate of drug-likeness (QED) is 0.690. The lowest BCUT2D eigenvalue weighted by Gasteiger charge is -2.07. The van der Waals surface area contributed by atoms with Gasteiger partial charge in [0.1, 0.15) is 5.75 Å². The molecule has 0 aliphatic heterocycles. The van der Waals surface area contributed by atoms with Crippen LogP contribution >= 0.6 is 0 Å². The molecule has 0 fully saturated rings. The van der Waals surface area contributed by atoms with Gasteiger partial charge in [0.15, 0.2) is 5.76 Å². The van der Waals surface area contributed by atoms with Crippen LogP contribution in [-0.4, -0.2) is 21.7 Å². The number of H-pyrrole nitrogens is 1. The summed E-state index contributed by atoms with van der Waals surface area (Å²) in [7, 11) is 0. The molecule has 1 aromatic carbocycles. The van der Waals surface area contributed by atoms with E-state index in [0.29, 0.717) is 13.0 Å². The van der Waals surface area contributed by atoms with Crippen molar-refractivity contribution in [3.8, 4) is 11.6 Å². The summed E-state index contributed by atoms with van der Waals surface area (Å²) >= 11 is 0. The number of aromatic nitrogens is 2. The summed E-state index contributed by atoms with van der Waals surface area (Å²) in [4.78, 5) is 17.8. The molecule has 0 saturated carbocycles. The lowest BCUT2D eigenvalue weighted by atomic mass is 10.1. The summed E-state index contributed by atoms with van der Waals surface area (Å²) < 4.78 is 10.6. The molecule has 25 heavy (non-hydrogen) atoms. The van der Waals surface area contributed by atoms with E-state index in [1.165, 1.54) is 0 Å². The largest absolute Gasteiger partial charge is 0.493 e. The van der Waals surface area contributed by atoms with E-state index < -0.39 is 5.76 Å². The van der Waals surface area contributed by atoms with Gasteiger partial charge in [-0.15, -0.1) is 0 Å². The van der Waals surface area contributed by atoms with Crippen molar-refractivity contribution < 1.29 is 14.3 Å². The van der Waals surface area contributed by atoms with E-state index in [2.05, 4.69) is 16.9 Å². The first-order valence-electron chi connectivity index (χ1n) is 8.21. The maximum atomic E-state index is 11.0. The second-order valence-electron chi connectivity index (χ2n) is 5.68. The molecular weight excluding hydrogens is 320 g/mol. The summed E-state index contributed by atoms with van der Waals surface area (Å²) in [5.41, 5.74) is 3.01. The number of rotatable bonds is 7. The van der Waals surface area contributed by atoms with Crippen LogP contribution < -0.4 is 10.5 Å². The Morgan fingerprint density at radius 1 is 1.16 bits per heavy atom. The number of ether oxygens (including phenoxy) is 1. The van der Waals surface area contributed by atoms with Gasteiger partial charge in [-0.05, 0) is 36.2 Å². The Bertz CT molecular complexity index is 881. The van der Waals surface area contributed by atoms with Gasteiger partial charge >= 0.3 is 5.76 Å². The zero-order chi connectivity index (χ0) is 17.6. The van der Waals surface area contributed by atoms with Gasteiger partial charge in [-0.2, -0.15) is 0 Å². The number of aromatic amines is 1. The first-order valence-corrected chi connectivity index (χ1v) is 8.21. The van der Waals surface area contributed by atoms with Crippen molar-refractivity contribution in [1.82, 2.24) is 9.97 Å². The van der Waals surface area contributed by atoms with Crippen LogP contribution in [0.3, 0.4) is 0 Å². The van der Waals surface area contributed by atoms with E-state index in [0.717, 1.165) is 35.5 Å². The number of pyridine rings is 1. The first kappa shape index (κ1) is 16.8. The van der Waals surface area contributed by atoms with E-state index in [1.807, 2.05) is 42.5 Å². The number of benzene rings is 1. The molecule has 0 bridgehead atoms. The van der Waals surface area contributed by atoms with Crippen molar-refractivity contribution in [2.45, 2.75) is 26.2 Å². The van der Waals surface area contributed by atoms with Gasteiger partial charge in [0.05, 0.1) is 6.61 Å². The monoisotopic (exact) mass is 340 g/mol. The maximum absolute atomic E-state index is 11.0. The highest BCUT2D eigenvalue weighted by molar-refractivity contribution is 5.31. The van der Waals surface area contributed by atoms with Crippen LogP contribution in [0.4, 0.5) is 0 Å². The molecule has 6 heteroatoms. The number of nitrogens with zero attached hydrogens (tertiary/aromatic N) is 1. The van der Waals surface area contributed by atoms with E-state index in [-0.39, 0.29) is 11.6 Å². The van der Waals surface area contributed by atoms with Crippen LogP contribution in [0.1, 0.15) is 29.6 Å². The maximum Gasteiger partial charge on any atom is 0.419 e. The molecule has 2 aromatic heterocycles. The molecule has 0 amide bonds. The van der Waals surface area contributed by atoms with E-state index in [9.17, 15) is 9.90 Å². The summed E-state index contributed by atoms with van der Waals surface area (Å²) in [5.74, 6) is 0.0935. The molecule has 0 atom stereocenters. The average molecular weight is 340 g/mol. The SMILES string of the molecule is CCc1cccc(CCOc2ccc(Cc3oc(=O)[nH]c3O)cc2)n1. The van der Waals surface area contributed by atoms with Crippen molar-refractivity contribution in [1.29, 1.82) is 0 Å². The van der Waals surface area contributed by atoms with Gasteiger partial charge in [0.25, 0.3) is 0 Å². The van der Waals surface area contributed by atoms with Crippen LogP contribution in [0, 0.1) is 0 Å². The number of hydrogen-bond donors (Lipinski definition) is 2. The first-order chi connectivity index (χ1) is 12.1. The van der Waals surface area contributed by atoms with Crippen LogP contribution in [0.25, 0.3) is 0 Å². The molecule has 3 aromatic rings. The molecule has 0 spiro atoms. The molecular formula is C19H20N2O4. The summed E-state index contributed by atoms with van der Waals surface area (Å²) in [5, 5.41) is 9.53. The average Bonchev–Trinajstić information content (AvgIpc) is 2.94. The molecule has 0 unspecified atom stereocenters. The minimum atomic E-state index is -0.659. The topological polar surface area (TPSA) is 88.3 Å². The Morgan fingerprint density at radius 2 is 1.92 bits per heavy atom. The predicted molar refractivity (Wildman–Crippen MR) is 93.1 cm³/mol. The Hall–Kier alpha value is -3.02. The predicted octanol–water partition coefficient (Wildman–Crippen LogP) is 2.84. The highest BCUT2D eigenvalue weighted by Gasteiger charge is 2.09. The van der Waals surface area contributed by atoms with Crippen molar-refractivity contribution in [2.75, 3.05) is 6.61 Å². The fourth-order valence-corrected chi connectivity index (χ4v) is 2.50. The van der Waals surface area contributed by atoms with Crippen LogP contribution in [0.5, 0.6) is 11.6 Å². The fourth-order valence-electron chi connectivity index (χ4n) is 2.50. The number of oxazole rings is 1. The highest BCUT2D eigenvalue weighted by Crippen LogP contribution is 2.19. The Balaban J connectivity index is 1.53. The molecule has 130 valence electrons. The highest BCUT2D eigenvalue weighted by atomic mass is 16.5. The summed E-state index contributed by atoms with van der Waals surface area (Å²) in [6.45, 7) is 2.63. The summed E-state index contributed by atoms with van der Waals surface area (Å²) in [6.07, 6.45) is 2.00. The Kier molecular flexibility index (Phi) is 5.18. The standard InChI is InChI=1S/C19H20N2O4/c1-2-14-4-3-5-15(20-14)10-11-24-16-8-6-13(7-9-16)12-17-18(22)21-19(23)25-17/h3-9,22H,2,10-12H2,1H3,(H,21,23). The van der Waals surface area contributed by atoms with Crippen molar-refractivity contribution in [3.05, 3.63) is 75.7 Å². The van der Waals surface area contributed by atoms with Gasteiger partial charge < -0.3 is 14.3 Å². The normalized spacial score (nSPS) is 10.8. The van der Waals surface area contributed by atoms with Crippen LogP contribution in [-0.2, 0) is 19.3 Å². The fraction of sp³-hybridized carbons (Fsp3) is 0.263. The minimum absolute atomic E-state index is 0.223. The van der Waals surface area contributed by atoms with Crippen molar-refractivity contribution >= 4 is 0 Å². The van der Waals surface area contributed by atoms with Gasteiger partial charge in [0, 0.05) is 24.2 Å². The molecule has 6 nitrogen and oxygen atoms in total. The third-order valence-electron chi connectivity index (χ3n) is 3.84. The van der Waals surface area contributed by atoms with Gasteiger partial charge in [-0.25, -0.2) is 4.79 Å². The Morgan fingerprint density at radius 3 is 2.60 bits per heavy atom. The van der Waals surface area contributed by atoms with Gasteiger partial charge in [0.2, 0.25) is 5.88 Å². The molecule has 3 rings (SSSR count). The number of aromatic hydroxyl groups is 1. The molecule has 0 saturated heterocycles. The molecule has 0 radical (unpaired) electrons. The molecule has 0 aliphatic carbocycles. The smallest absolute Gasteiger partial charge is 0.419 e. The number of aryl methyl sites for hydroxylation is 1. The molecule has 0 aliphatic rings. The third kappa shape index (κ3) is 4.50. The second kappa shape index (κ2) is 7.70.